The summed E-state index contributed by atoms with van der Waals surface area (Å²) in [5, 5.41) is 9.59. The van der Waals surface area contributed by atoms with Gasteiger partial charge in [0.1, 0.15) is 11.2 Å². The monoisotopic (exact) mass is 625 g/mol. The minimum absolute atomic E-state index is 0.631. The first kappa shape index (κ1) is 27.5. The number of aromatic nitrogens is 3. The molecule has 0 saturated carbocycles. The Kier molecular flexibility index (Phi) is 6.15. The van der Waals surface area contributed by atoms with Crippen LogP contribution < -0.4 is 0 Å². The maximum Gasteiger partial charge on any atom is 0.164 e. The molecule has 0 fully saturated rings. The van der Waals surface area contributed by atoms with E-state index in [1.807, 2.05) is 54.6 Å². The van der Waals surface area contributed by atoms with Crippen LogP contribution in [-0.2, 0) is 0 Å². The van der Waals surface area contributed by atoms with E-state index in [0.717, 1.165) is 55.1 Å². The molecule has 0 aliphatic carbocycles. The van der Waals surface area contributed by atoms with Gasteiger partial charge in [-0.05, 0) is 61.6 Å². The van der Waals surface area contributed by atoms with Crippen molar-refractivity contribution in [2.24, 2.45) is 0 Å². The van der Waals surface area contributed by atoms with Gasteiger partial charge in [0.2, 0.25) is 0 Å². The Bertz CT molecular complexity index is 2870. The topological polar surface area (TPSA) is 51.8 Å². The van der Waals surface area contributed by atoms with Gasteiger partial charge in [-0.25, -0.2) is 15.0 Å². The first-order valence-corrected chi connectivity index (χ1v) is 16.4. The molecule has 0 spiro atoms. The highest BCUT2D eigenvalue weighted by Gasteiger charge is 2.16. The largest absolute Gasteiger partial charge is 0.456 e. The van der Waals surface area contributed by atoms with Crippen LogP contribution in [0.2, 0.25) is 0 Å². The molecule has 0 N–H and O–H groups in total. The van der Waals surface area contributed by atoms with Crippen LogP contribution in [0, 0.1) is 0 Å². The first-order chi connectivity index (χ1) is 24.3. The number of benzene rings is 8. The van der Waals surface area contributed by atoms with Crippen LogP contribution in [0.1, 0.15) is 0 Å². The van der Waals surface area contributed by atoms with Crippen LogP contribution in [0.3, 0.4) is 0 Å². The van der Waals surface area contributed by atoms with E-state index < -0.39 is 0 Å². The lowest BCUT2D eigenvalue weighted by atomic mass is 9.95. The van der Waals surface area contributed by atoms with Crippen LogP contribution in [0.5, 0.6) is 0 Å². The van der Waals surface area contributed by atoms with Gasteiger partial charge in [-0.1, -0.05) is 146 Å². The van der Waals surface area contributed by atoms with Gasteiger partial charge < -0.3 is 4.42 Å². The zero-order valence-electron chi connectivity index (χ0n) is 26.3. The summed E-state index contributed by atoms with van der Waals surface area (Å²) in [5.41, 5.74) is 6.83. The van der Waals surface area contributed by atoms with Crippen molar-refractivity contribution < 1.29 is 4.42 Å². The zero-order chi connectivity index (χ0) is 32.3. The molecule has 0 amide bonds. The Hall–Kier alpha value is -6.65. The zero-order valence-corrected chi connectivity index (χ0v) is 26.3. The number of hydrogen-bond donors (Lipinski definition) is 0. The summed E-state index contributed by atoms with van der Waals surface area (Å²) < 4.78 is 6.16. The number of rotatable bonds is 4. The van der Waals surface area contributed by atoms with E-state index in [4.69, 9.17) is 19.4 Å². The molecule has 8 aromatic carbocycles. The van der Waals surface area contributed by atoms with Crippen molar-refractivity contribution in [2.45, 2.75) is 0 Å². The summed E-state index contributed by atoms with van der Waals surface area (Å²) in [4.78, 5) is 15.1. The fraction of sp³-hybridized carbons (Fsp3) is 0. The van der Waals surface area contributed by atoms with Gasteiger partial charge in [-0.2, -0.15) is 0 Å². The van der Waals surface area contributed by atoms with Gasteiger partial charge in [0.25, 0.3) is 0 Å². The average molecular weight is 626 g/mol. The van der Waals surface area contributed by atoms with E-state index >= 15 is 0 Å². The van der Waals surface area contributed by atoms with E-state index in [-0.39, 0.29) is 0 Å². The summed E-state index contributed by atoms with van der Waals surface area (Å²) in [6, 6.07) is 57.0. The number of nitrogens with zero attached hydrogens (tertiary/aromatic N) is 3. The van der Waals surface area contributed by atoms with Crippen molar-refractivity contribution in [3.63, 3.8) is 0 Å². The average Bonchev–Trinajstić information content (AvgIpc) is 3.57. The Morgan fingerprint density at radius 1 is 0.327 bits per heavy atom. The molecular formula is C45H27N3O. The standard InChI is InChI=1S/C45H27N3O/c1-2-10-31(11-3-1)43-46-44(32-22-18-29(19-23-32)36-14-8-16-40-42(36)38-13-6-7-15-39(38)49-40)48-45(47-43)34-25-26-37-33(27-34)24-21-30-20-17-28-9-4-5-12-35(28)41(30)37/h1-27H. The summed E-state index contributed by atoms with van der Waals surface area (Å²) in [6.07, 6.45) is 0. The second kappa shape index (κ2) is 11.0. The molecule has 0 atom stereocenters. The van der Waals surface area contributed by atoms with Crippen LogP contribution in [-0.4, -0.2) is 15.0 Å². The van der Waals surface area contributed by atoms with Crippen molar-refractivity contribution >= 4 is 54.3 Å². The van der Waals surface area contributed by atoms with Gasteiger partial charge in [-0.15, -0.1) is 0 Å². The molecule has 0 aliphatic rings. The molecule has 10 rings (SSSR count). The van der Waals surface area contributed by atoms with Crippen molar-refractivity contribution in [3.8, 4) is 45.3 Å². The predicted molar refractivity (Wildman–Crippen MR) is 201 cm³/mol. The molecular weight excluding hydrogens is 599 g/mol. The fourth-order valence-electron chi connectivity index (χ4n) is 7.14. The second-order valence-corrected chi connectivity index (χ2v) is 12.4. The molecule has 228 valence electrons. The lowest BCUT2D eigenvalue weighted by Crippen LogP contribution is -2.00. The van der Waals surface area contributed by atoms with E-state index in [9.17, 15) is 0 Å². The molecule has 4 nitrogen and oxygen atoms in total. The lowest BCUT2D eigenvalue weighted by molar-refractivity contribution is 0.669. The van der Waals surface area contributed by atoms with Gasteiger partial charge in [0.05, 0.1) is 0 Å². The van der Waals surface area contributed by atoms with Crippen molar-refractivity contribution in [1.29, 1.82) is 0 Å². The van der Waals surface area contributed by atoms with Gasteiger partial charge in [0.15, 0.2) is 17.5 Å². The molecule has 0 radical (unpaired) electrons. The summed E-state index contributed by atoms with van der Waals surface area (Å²) in [6.45, 7) is 0. The number of fused-ring (bicyclic) bond motifs is 8. The third-order valence-electron chi connectivity index (χ3n) is 9.51. The quantitative estimate of drug-likeness (QED) is 0.183. The smallest absolute Gasteiger partial charge is 0.164 e. The molecule has 10 aromatic rings. The maximum absolute atomic E-state index is 6.16. The third kappa shape index (κ3) is 4.57. The van der Waals surface area contributed by atoms with Crippen LogP contribution in [0.15, 0.2) is 168 Å². The van der Waals surface area contributed by atoms with Crippen LogP contribution in [0.25, 0.3) is 99.5 Å². The Morgan fingerprint density at radius 2 is 0.898 bits per heavy atom. The van der Waals surface area contributed by atoms with Gasteiger partial charge >= 0.3 is 0 Å². The normalized spacial score (nSPS) is 11.7. The molecule has 4 heteroatoms. The Balaban J connectivity index is 1.10. The van der Waals surface area contributed by atoms with Crippen molar-refractivity contribution in [3.05, 3.63) is 164 Å². The lowest BCUT2D eigenvalue weighted by Gasteiger charge is -2.11. The summed E-state index contributed by atoms with van der Waals surface area (Å²) in [5.74, 6) is 1.92. The molecule has 49 heavy (non-hydrogen) atoms. The Morgan fingerprint density at radius 3 is 1.71 bits per heavy atom. The van der Waals surface area contributed by atoms with E-state index in [2.05, 4.69) is 109 Å². The molecule has 0 aliphatic heterocycles. The maximum atomic E-state index is 6.16. The second-order valence-electron chi connectivity index (χ2n) is 12.4. The van der Waals surface area contributed by atoms with Crippen molar-refractivity contribution in [2.75, 3.05) is 0 Å². The van der Waals surface area contributed by atoms with Crippen LogP contribution in [0.4, 0.5) is 0 Å². The van der Waals surface area contributed by atoms with Crippen molar-refractivity contribution in [1.82, 2.24) is 15.0 Å². The molecule has 2 heterocycles. The molecule has 0 saturated heterocycles. The molecule has 0 bridgehead atoms. The SMILES string of the molecule is c1ccc(-c2nc(-c3ccc(-c4cccc5oc6ccccc6c45)cc3)nc(-c3ccc4c(ccc5ccc6ccccc6c54)c3)n2)cc1. The highest BCUT2D eigenvalue weighted by molar-refractivity contribution is 6.20. The van der Waals surface area contributed by atoms with Crippen LogP contribution >= 0.6 is 0 Å². The first-order valence-electron chi connectivity index (χ1n) is 16.4. The highest BCUT2D eigenvalue weighted by atomic mass is 16.3. The van der Waals surface area contributed by atoms with E-state index in [0.29, 0.717) is 17.5 Å². The Labute approximate surface area is 282 Å². The summed E-state index contributed by atoms with van der Waals surface area (Å²) in [7, 11) is 0. The highest BCUT2D eigenvalue weighted by Crippen LogP contribution is 2.38. The van der Waals surface area contributed by atoms with Gasteiger partial charge in [0, 0.05) is 27.5 Å². The minimum Gasteiger partial charge on any atom is -0.456 e. The van der Waals surface area contributed by atoms with E-state index in [1.54, 1.807) is 0 Å². The van der Waals surface area contributed by atoms with Gasteiger partial charge in [-0.3, -0.25) is 0 Å². The molecule has 0 unspecified atom stereocenters. The number of furan rings is 1. The minimum atomic E-state index is 0.631. The predicted octanol–water partition coefficient (Wildman–Crippen LogP) is 11.9. The number of para-hydroxylation sites is 1. The molecule has 2 aromatic heterocycles. The fourth-order valence-corrected chi connectivity index (χ4v) is 7.14. The van der Waals surface area contributed by atoms with E-state index in [1.165, 1.54) is 26.9 Å². The number of hydrogen-bond acceptors (Lipinski definition) is 4. The summed E-state index contributed by atoms with van der Waals surface area (Å²) >= 11 is 0. The third-order valence-corrected chi connectivity index (χ3v) is 9.51.